The van der Waals surface area contributed by atoms with Crippen LogP contribution >= 0.6 is 11.6 Å². The number of rotatable bonds is 3. The molecule has 0 spiro atoms. The Kier molecular flexibility index (Phi) is 4.01. The molecule has 0 bridgehead atoms. The molecule has 88 valence electrons. The van der Waals surface area contributed by atoms with Gasteiger partial charge >= 0.3 is 0 Å². The molecule has 0 saturated carbocycles. The highest BCUT2D eigenvalue weighted by molar-refractivity contribution is 6.31. The maximum atomic E-state index is 11.2. The van der Waals surface area contributed by atoms with E-state index in [1.807, 2.05) is 6.92 Å². The number of nitrogens with zero attached hydrogens (tertiary/aromatic N) is 1. The maximum Gasteiger partial charge on any atom is 0.252 e. The van der Waals surface area contributed by atoms with Gasteiger partial charge in [0.15, 0.2) is 5.75 Å². The summed E-state index contributed by atoms with van der Waals surface area (Å²) in [4.78, 5) is 16.6. The van der Waals surface area contributed by atoms with Crippen molar-refractivity contribution in [3.05, 3.63) is 22.7 Å². The summed E-state index contributed by atoms with van der Waals surface area (Å²) in [5.74, 6) is 0.272. The van der Waals surface area contributed by atoms with Crippen molar-refractivity contribution in [2.45, 2.75) is 20.8 Å². The van der Waals surface area contributed by atoms with Crippen molar-refractivity contribution >= 4 is 23.2 Å². The number of anilines is 1. The first-order valence-electron chi connectivity index (χ1n) is 4.98. The fourth-order valence-corrected chi connectivity index (χ4v) is 1.39. The van der Waals surface area contributed by atoms with Crippen LogP contribution < -0.4 is 10.6 Å². The summed E-state index contributed by atoms with van der Waals surface area (Å²) in [6.45, 7) is 5.51. The van der Waals surface area contributed by atoms with Crippen LogP contribution in [0.15, 0.2) is 12.1 Å². The molecule has 0 saturated heterocycles. The van der Waals surface area contributed by atoms with Crippen LogP contribution in [-0.2, 0) is 4.79 Å². The van der Waals surface area contributed by atoms with Crippen molar-refractivity contribution in [3.8, 4) is 5.75 Å². The van der Waals surface area contributed by atoms with E-state index in [-0.39, 0.29) is 5.91 Å². The number of nitrogen functional groups attached to an aromatic ring is 1. The molecule has 0 aliphatic carbocycles. The minimum Gasteiger partial charge on any atom is -0.395 e. The summed E-state index contributed by atoms with van der Waals surface area (Å²) in [5, 5.41) is 1.81. The zero-order valence-electron chi connectivity index (χ0n) is 9.58. The maximum absolute atomic E-state index is 11.2. The highest BCUT2D eigenvalue weighted by atomic mass is 35.5. The molecule has 2 N–H and O–H groups in total. The summed E-state index contributed by atoms with van der Waals surface area (Å²) in [6, 6.07) is 3.34. The molecule has 16 heavy (non-hydrogen) atoms. The Labute approximate surface area is 99.9 Å². The summed E-state index contributed by atoms with van der Waals surface area (Å²) in [6.07, 6.45) is 0. The van der Waals surface area contributed by atoms with Crippen molar-refractivity contribution < 1.29 is 9.63 Å². The Bertz CT molecular complexity index is 407. The number of halogens is 1. The van der Waals surface area contributed by atoms with Gasteiger partial charge in [-0.3, -0.25) is 4.79 Å². The monoisotopic (exact) mass is 242 g/mol. The lowest BCUT2D eigenvalue weighted by atomic mass is 10.2. The predicted octanol–water partition coefficient (Wildman–Crippen LogP) is 2.39. The van der Waals surface area contributed by atoms with Crippen LogP contribution in [0, 0.1) is 6.92 Å². The van der Waals surface area contributed by atoms with Crippen LogP contribution in [0.4, 0.5) is 5.69 Å². The Balaban J connectivity index is 2.97. The van der Waals surface area contributed by atoms with Crippen LogP contribution in [0.3, 0.4) is 0 Å². The zero-order chi connectivity index (χ0) is 12.3. The Morgan fingerprint density at radius 2 is 2.19 bits per heavy atom. The molecule has 5 heteroatoms. The molecule has 0 atom stereocenters. The molecule has 4 nitrogen and oxygen atoms in total. The third-order valence-electron chi connectivity index (χ3n) is 2.26. The minimum absolute atomic E-state index is 0.172. The SMILES string of the molecule is CCN(Oc1ccc(Cl)c(C)c1N)C(C)=O. The molecule has 1 aromatic carbocycles. The van der Waals surface area contributed by atoms with Gasteiger partial charge in [-0.1, -0.05) is 11.6 Å². The second-order valence-corrected chi connectivity index (χ2v) is 3.80. The van der Waals surface area contributed by atoms with Gasteiger partial charge in [-0.05, 0) is 31.5 Å². The number of nitrogens with two attached hydrogens (primary N) is 1. The number of carbonyl (C=O) groups excluding carboxylic acids is 1. The van der Waals surface area contributed by atoms with E-state index < -0.39 is 0 Å². The van der Waals surface area contributed by atoms with Crippen LogP contribution in [0.25, 0.3) is 0 Å². The number of hydrogen-bond acceptors (Lipinski definition) is 3. The normalized spacial score (nSPS) is 10.0. The summed E-state index contributed by atoms with van der Waals surface area (Å²) >= 11 is 5.90. The molecule has 0 aromatic heterocycles. The highest BCUT2D eigenvalue weighted by Crippen LogP contribution is 2.30. The van der Waals surface area contributed by atoms with Crippen LogP contribution in [0.1, 0.15) is 19.4 Å². The van der Waals surface area contributed by atoms with E-state index >= 15 is 0 Å². The van der Waals surface area contributed by atoms with E-state index in [0.29, 0.717) is 23.0 Å². The second kappa shape index (κ2) is 5.07. The number of amides is 1. The van der Waals surface area contributed by atoms with Crippen molar-refractivity contribution in [2.24, 2.45) is 0 Å². The molecule has 1 rings (SSSR count). The van der Waals surface area contributed by atoms with Gasteiger partial charge in [-0.15, -0.1) is 0 Å². The molecule has 1 amide bonds. The van der Waals surface area contributed by atoms with Crippen molar-refractivity contribution in [1.82, 2.24) is 5.06 Å². The van der Waals surface area contributed by atoms with E-state index in [1.165, 1.54) is 12.0 Å². The smallest absolute Gasteiger partial charge is 0.252 e. The molecule has 0 radical (unpaired) electrons. The van der Waals surface area contributed by atoms with Gasteiger partial charge in [0, 0.05) is 11.9 Å². The minimum atomic E-state index is -0.172. The van der Waals surface area contributed by atoms with Gasteiger partial charge in [0.2, 0.25) is 0 Å². The van der Waals surface area contributed by atoms with Crippen molar-refractivity contribution in [2.75, 3.05) is 12.3 Å². The third kappa shape index (κ3) is 2.58. The molecule has 0 fully saturated rings. The molecule has 0 aliphatic rings. The molecule has 0 unspecified atom stereocenters. The largest absolute Gasteiger partial charge is 0.395 e. The lowest BCUT2D eigenvalue weighted by molar-refractivity contribution is -0.153. The van der Waals surface area contributed by atoms with Gasteiger partial charge in [-0.2, -0.15) is 5.06 Å². The fraction of sp³-hybridized carbons (Fsp3) is 0.364. The fourth-order valence-electron chi connectivity index (χ4n) is 1.23. The first-order valence-corrected chi connectivity index (χ1v) is 5.35. The first kappa shape index (κ1) is 12.6. The molecular weight excluding hydrogens is 228 g/mol. The number of benzene rings is 1. The molecule has 0 heterocycles. The van der Waals surface area contributed by atoms with E-state index in [4.69, 9.17) is 22.2 Å². The summed E-state index contributed by atoms with van der Waals surface area (Å²) in [7, 11) is 0. The topological polar surface area (TPSA) is 55.6 Å². The van der Waals surface area contributed by atoms with Crippen molar-refractivity contribution in [3.63, 3.8) is 0 Å². The quantitative estimate of drug-likeness (QED) is 0.654. The zero-order valence-corrected chi connectivity index (χ0v) is 10.3. The average molecular weight is 243 g/mol. The highest BCUT2D eigenvalue weighted by Gasteiger charge is 2.12. The van der Waals surface area contributed by atoms with Crippen LogP contribution in [0.5, 0.6) is 5.75 Å². The van der Waals surface area contributed by atoms with Gasteiger partial charge < -0.3 is 10.6 Å². The number of carbonyl (C=O) groups is 1. The summed E-state index contributed by atoms with van der Waals surface area (Å²) < 4.78 is 0. The van der Waals surface area contributed by atoms with E-state index in [1.54, 1.807) is 19.1 Å². The van der Waals surface area contributed by atoms with Gasteiger partial charge in [0.25, 0.3) is 5.91 Å². The summed E-state index contributed by atoms with van der Waals surface area (Å²) in [5.41, 5.74) is 7.04. The standard InChI is InChI=1S/C11H15ClN2O2/c1-4-14(8(3)15)16-10-6-5-9(12)7(2)11(10)13/h5-6H,4,13H2,1-3H3. The average Bonchev–Trinajstić information content (AvgIpc) is 2.25. The number of hydroxylamine groups is 2. The van der Waals surface area contributed by atoms with Gasteiger partial charge in [0.05, 0.1) is 12.2 Å². The molecule has 1 aromatic rings. The van der Waals surface area contributed by atoms with Crippen molar-refractivity contribution in [1.29, 1.82) is 0 Å². The lowest BCUT2D eigenvalue weighted by Gasteiger charge is -2.20. The Morgan fingerprint density at radius 1 is 1.56 bits per heavy atom. The molecular formula is C11H15ClN2O2. The molecule has 0 aliphatic heterocycles. The van der Waals surface area contributed by atoms with Gasteiger partial charge in [-0.25, -0.2) is 0 Å². The first-order chi connectivity index (χ1) is 7.47. The lowest BCUT2D eigenvalue weighted by Crippen LogP contribution is -2.32. The predicted molar refractivity (Wildman–Crippen MR) is 64.3 cm³/mol. The van der Waals surface area contributed by atoms with Crippen LogP contribution in [0.2, 0.25) is 5.02 Å². The van der Waals surface area contributed by atoms with E-state index in [9.17, 15) is 4.79 Å². The van der Waals surface area contributed by atoms with E-state index in [0.717, 1.165) is 5.56 Å². The van der Waals surface area contributed by atoms with Gasteiger partial charge in [0.1, 0.15) is 0 Å². The van der Waals surface area contributed by atoms with Crippen LogP contribution in [-0.4, -0.2) is 17.5 Å². The Morgan fingerprint density at radius 3 is 2.69 bits per heavy atom. The Hall–Kier alpha value is -1.42. The second-order valence-electron chi connectivity index (χ2n) is 3.39. The third-order valence-corrected chi connectivity index (χ3v) is 2.67. The van der Waals surface area contributed by atoms with E-state index in [2.05, 4.69) is 0 Å². The number of hydrogen-bond donors (Lipinski definition) is 1.